The maximum absolute atomic E-state index is 11.2. The third-order valence-electron chi connectivity index (χ3n) is 5.49. The number of carboxylic acid groups (broad SMARTS) is 1. The molecule has 7 nitrogen and oxygen atoms in total. The number of benzene rings is 2. The molecule has 4 aromatic rings. The first-order valence-corrected chi connectivity index (χ1v) is 10.6. The van der Waals surface area contributed by atoms with E-state index in [1.165, 1.54) is 11.1 Å². The Morgan fingerprint density at radius 2 is 1.70 bits per heavy atom. The van der Waals surface area contributed by atoms with E-state index in [9.17, 15) is 9.90 Å². The molecule has 2 aromatic carbocycles. The van der Waals surface area contributed by atoms with Crippen LogP contribution in [0.4, 0.5) is 5.95 Å². The SMILES string of the molecule is O=C(O)Cc1cn(-c2ccc(Cl)cc2)c(-c2cnc(NC3Cc4ccccc4C3)nc2)n1.[LiH]. The predicted molar refractivity (Wildman–Crippen MR) is 129 cm³/mol. The van der Waals surface area contributed by atoms with E-state index < -0.39 is 5.97 Å². The second-order valence-electron chi connectivity index (χ2n) is 7.79. The first kappa shape index (κ1) is 23.1. The minimum atomic E-state index is -0.939. The average molecular weight is 454 g/mol. The van der Waals surface area contributed by atoms with Crippen molar-refractivity contribution < 1.29 is 9.90 Å². The van der Waals surface area contributed by atoms with Gasteiger partial charge in [0, 0.05) is 35.3 Å². The molecular formula is C24H21ClLiN5O2. The van der Waals surface area contributed by atoms with Crippen LogP contribution in [0.2, 0.25) is 5.02 Å². The standard InChI is InChI=1S/C24H20ClN5O2.Li.H/c25-18-5-7-21(8-6-18)30-14-20(11-22(31)32)28-23(30)17-12-26-24(27-13-17)29-19-9-15-3-1-2-4-16(15)10-19;;/h1-8,12-14,19H,9-11H2,(H,31,32)(H,26,27,29);;. The summed E-state index contributed by atoms with van der Waals surface area (Å²) in [5.74, 6) is 0.191. The number of aromatic nitrogens is 4. The molecule has 0 radical (unpaired) electrons. The molecule has 2 heterocycles. The summed E-state index contributed by atoms with van der Waals surface area (Å²) in [6, 6.07) is 16.0. The first-order chi connectivity index (χ1) is 15.5. The molecule has 0 aliphatic heterocycles. The third-order valence-corrected chi connectivity index (χ3v) is 5.74. The zero-order valence-electron chi connectivity index (χ0n) is 17.1. The van der Waals surface area contributed by atoms with Gasteiger partial charge in [0.1, 0.15) is 5.82 Å². The van der Waals surface area contributed by atoms with E-state index in [0.717, 1.165) is 18.5 Å². The van der Waals surface area contributed by atoms with Crippen molar-refractivity contribution >= 4 is 42.4 Å². The molecule has 0 saturated carbocycles. The molecule has 1 aliphatic rings. The van der Waals surface area contributed by atoms with Crippen molar-refractivity contribution in [3.05, 3.63) is 89.0 Å². The maximum atomic E-state index is 11.2. The molecule has 9 heteroatoms. The van der Waals surface area contributed by atoms with Crippen LogP contribution >= 0.6 is 11.6 Å². The van der Waals surface area contributed by atoms with Gasteiger partial charge in [-0.1, -0.05) is 35.9 Å². The molecule has 0 amide bonds. The molecule has 0 fully saturated rings. The van der Waals surface area contributed by atoms with E-state index in [1.807, 2.05) is 16.7 Å². The summed E-state index contributed by atoms with van der Waals surface area (Å²) in [6.07, 6.45) is 6.85. The summed E-state index contributed by atoms with van der Waals surface area (Å²) >= 11 is 6.02. The molecule has 0 atom stereocenters. The van der Waals surface area contributed by atoms with Crippen molar-refractivity contribution in [2.45, 2.75) is 25.3 Å². The van der Waals surface area contributed by atoms with Crippen molar-refractivity contribution in [2.75, 3.05) is 5.32 Å². The van der Waals surface area contributed by atoms with E-state index in [1.54, 1.807) is 30.7 Å². The van der Waals surface area contributed by atoms with Crippen molar-refractivity contribution in [1.82, 2.24) is 19.5 Å². The predicted octanol–water partition coefficient (Wildman–Crippen LogP) is 3.54. The number of rotatable bonds is 6. The Hall–Kier alpha value is -3.11. The Morgan fingerprint density at radius 1 is 1.06 bits per heavy atom. The molecule has 5 rings (SSSR count). The van der Waals surface area contributed by atoms with Gasteiger partial charge in [0.2, 0.25) is 5.95 Å². The fraction of sp³-hybridized carbons (Fsp3) is 0.167. The molecule has 162 valence electrons. The minimum absolute atomic E-state index is 0. The Balaban J connectivity index is 0.00000259. The molecule has 2 aromatic heterocycles. The van der Waals surface area contributed by atoms with Crippen LogP contribution < -0.4 is 5.32 Å². The van der Waals surface area contributed by atoms with Crippen molar-refractivity contribution in [1.29, 1.82) is 0 Å². The number of hydrogen-bond acceptors (Lipinski definition) is 5. The van der Waals surface area contributed by atoms with E-state index >= 15 is 0 Å². The molecule has 0 spiro atoms. The zero-order chi connectivity index (χ0) is 22.1. The second kappa shape index (κ2) is 9.80. The number of halogens is 1. The number of nitrogens with one attached hydrogen (secondary N) is 1. The van der Waals surface area contributed by atoms with Gasteiger partial charge in [0.25, 0.3) is 0 Å². The van der Waals surface area contributed by atoms with Crippen LogP contribution in [0.15, 0.2) is 67.1 Å². The monoisotopic (exact) mass is 453 g/mol. The van der Waals surface area contributed by atoms with Crippen LogP contribution in [0, 0.1) is 0 Å². The number of aliphatic carboxylic acids is 1. The summed E-state index contributed by atoms with van der Waals surface area (Å²) in [5.41, 5.74) is 4.68. The van der Waals surface area contributed by atoms with Gasteiger partial charge in [-0.15, -0.1) is 0 Å². The molecule has 0 saturated heterocycles. The summed E-state index contributed by atoms with van der Waals surface area (Å²) in [7, 11) is 0. The van der Waals surface area contributed by atoms with Gasteiger partial charge in [-0.3, -0.25) is 9.36 Å². The van der Waals surface area contributed by atoms with Crippen molar-refractivity contribution in [2.24, 2.45) is 0 Å². The molecule has 0 bridgehead atoms. The average Bonchev–Trinajstić information content (AvgIpc) is 3.38. The van der Waals surface area contributed by atoms with E-state index in [-0.39, 0.29) is 31.3 Å². The Kier molecular flexibility index (Phi) is 6.85. The number of fused-ring (bicyclic) bond motifs is 1. The molecule has 2 N–H and O–H groups in total. The summed E-state index contributed by atoms with van der Waals surface area (Å²) < 4.78 is 1.83. The number of carboxylic acids is 1. The fourth-order valence-electron chi connectivity index (χ4n) is 4.03. The Morgan fingerprint density at radius 3 is 2.30 bits per heavy atom. The van der Waals surface area contributed by atoms with Crippen LogP contribution in [0.5, 0.6) is 0 Å². The van der Waals surface area contributed by atoms with Gasteiger partial charge in [0.15, 0.2) is 0 Å². The van der Waals surface area contributed by atoms with E-state index in [4.69, 9.17) is 11.6 Å². The second-order valence-corrected chi connectivity index (χ2v) is 8.22. The van der Waals surface area contributed by atoms with Gasteiger partial charge in [-0.25, -0.2) is 15.0 Å². The quantitative estimate of drug-likeness (QED) is 0.434. The van der Waals surface area contributed by atoms with Crippen molar-refractivity contribution in [3.63, 3.8) is 0 Å². The van der Waals surface area contributed by atoms with Crippen LogP contribution in [-0.4, -0.2) is 55.5 Å². The third kappa shape index (κ3) is 5.12. The number of carbonyl (C=O) groups is 1. The Bertz CT molecular complexity index is 1250. The normalized spacial score (nSPS) is 12.8. The summed E-state index contributed by atoms with van der Waals surface area (Å²) in [5, 5.41) is 13.2. The summed E-state index contributed by atoms with van der Waals surface area (Å²) in [6.45, 7) is 0. The van der Waals surface area contributed by atoms with E-state index in [0.29, 0.717) is 28.1 Å². The van der Waals surface area contributed by atoms with Crippen LogP contribution in [0.3, 0.4) is 0 Å². The van der Waals surface area contributed by atoms with Crippen LogP contribution in [-0.2, 0) is 24.1 Å². The molecule has 1 aliphatic carbocycles. The fourth-order valence-corrected chi connectivity index (χ4v) is 4.16. The van der Waals surface area contributed by atoms with Crippen LogP contribution in [0.25, 0.3) is 17.1 Å². The van der Waals surface area contributed by atoms with Gasteiger partial charge in [-0.05, 0) is 48.2 Å². The molecular weight excluding hydrogens is 433 g/mol. The number of imidazole rings is 1. The number of nitrogens with zero attached hydrogens (tertiary/aromatic N) is 4. The zero-order valence-corrected chi connectivity index (χ0v) is 17.8. The van der Waals surface area contributed by atoms with Crippen LogP contribution in [0.1, 0.15) is 16.8 Å². The van der Waals surface area contributed by atoms with Gasteiger partial charge < -0.3 is 10.4 Å². The first-order valence-electron chi connectivity index (χ1n) is 10.3. The molecule has 33 heavy (non-hydrogen) atoms. The number of anilines is 1. The van der Waals surface area contributed by atoms with E-state index in [2.05, 4.69) is 44.5 Å². The summed E-state index contributed by atoms with van der Waals surface area (Å²) in [4.78, 5) is 24.7. The Labute approximate surface area is 208 Å². The van der Waals surface area contributed by atoms with Gasteiger partial charge in [0.05, 0.1) is 17.7 Å². The molecule has 0 unspecified atom stereocenters. The van der Waals surface area contributed by atoms with Gasteiger partial charge in [-0.2, -0.15) is 0 Å². The topological polar surface area (TPSA) is 92.9 Å². The van der Waals surface area contributed by atoms with Crippen molar-refractivity contribution in [3.8, 4) is 17.1 Å². The van der Waals surface area contributed by atoms with Gasteiger partial charge >= 0.3 is 24.8 Å². The number of hydrogen-bond donors (Lipinski definition) is 2.